The predicted octanol–water partition coefficient (Wildman–Crippen LogP) is 13.7. The molecule has 1 aromatic heterocycles. The maximum atomic E-state index is 2.74. The van der Waals surface area contributed by atoms with E-state index in [4.69, 9.17) is 0 Å². The number of benzene rings is 2. The molecule has 8 aliphatic rings. The van der Waals surface area contributed by atoms with Gasteiger partial charge in [0, 0.05) is 53.8 Å². The number of hydrogen-bond donors (Lipinski definition) is 0. The number of fused-ring (bicyclic) bond motifs is 10. The van der Waals surface area contributed by atoms with Crippen molar-refractivity contribution in [2.24, 2.45) is 5.92 Å². The Morgan fingerprint density at radius 1 is 0.811 bits per heavy atom. The molecule has 0 N–H and O–H groups in total. The Labute approximate surface area is 324 Å². The van der Waals surface area contributed by atoms with Crippen molar-refractivity contribution < 1.29 is 0 Å². The average molecular weight is 730 g/mol. The third kappa shape index (κ3) is 4.98. The highest BCUT2D eigenvalue weighted by Crippen LogP contribution is 2.70. The van der Waals surface area contributed by atoms with Crippen molar-refractivity contribution in [3.05, 3.63) is 147 Å². The summed E-state index contributed by atoms with van der Waals surface area (Å²) in [6.07, 6.45) is 44.6. The summed E-state index contributed by atoms with van der Waals surface area (Å²) in [6.45, 7) is 2.63. The largest absolute Gasteiger partial charge is 0.314 e. The third-order valence-electron chi connectivity index (χ3n) is 14.1. The summed E-state index contributed by atoms with van der Waals surface area (Å²) in [5.74, 6) is 0.846. The molecule has 3 heteroatoms. The Hall–Kier alpha value is -3.40. The van der Waals surface area contributed by atoms with E-state index in [1.807, 2.05) is 0 Å². The van der Waals surface area contributed by atoms with Crippen LogP contribution in [0.4, 0.5) is 0 Å². The molecule has 5 atom stereocenters. The molecular weight excluding hydrogens is 679 g/mol. The molecule has 0 bridgehead atoms. The van der Waals surface area contributed by atoms with Crippen LogP contribution < -0.4 is 0 Å². The number of rotatable bonds is 3. The molecule has 268 valence electrons. The normalized spacial score (nSPS) is 31.3. The van der Waals surface area contributed by atoms with E-state index in [0.717, 1.165) is 32.1 Å². The molecule has 1 saturated heterocycles. The highest BCUT2D eigenvalue weighted by molar-refractivity contribution is 8.03. The van der Waals surface area contributed by atoms with E-state index < -0.39 is 0 Å². The first-order chi connectivity index (χ1) is 26.1. The second kappa shape index (κ2) is 12.8. The van der Waals surface area contributed by atoms with Gasteiger partial charge >= 0.3 is 0 Å². The second-order valence-electron chi connectivity index (χ2n) is 17.0. The monoisotopic (exact) mass is 729 g/mol. The van der Waals surface area contributed by atoms with Crippen LogP contribution in [0.5, 0.6) is 0 Å². The summed E-state index contributed by atoms with van der Waals surface area (Å²) in [7, 11) is 0. The van der Waals surface area contributed by atoms with Crippen molar-refractivity contribution >= 4 is 45.7 Å². The Morgan fingerprint density at radius 3 is 2.60 bits per heavy atom. The molecule has 0 radical (unpaired) electrons. The average Bonchev–Trinajstić information content (AvgIpc) is 3.54. The Balaban J connectivity index is 1.09. The molecule has 0 saturated carbocycles. The lowest BCUT2D eigenvalue weighted by Crippen LogP contribution is -2.56. The van der Waals surface area contributed by atoms with Crippen molar-refractivity contribution in [1.29, 1.82) is 0 Å². The van der Waals surface area contributed by atoms with Gasteiger partial charge in [-0.2, -0.15) is 0 Å². The molecular formula is C50H51NS2. The number of thioether (sulfide) groups is 2. The van der Waals surface area contributed by atoms with E-state index in [1.165, 1.54) is 101 Å². The van der Waals surface area contributed by atoms with E-state index >= 15 is 0 Å². The first kappa shape index (κ1) is 33.0. The first-order valence-corrected chi connectivity index (χ1v) is 22.5. The second-order valence-corrected chi connectivity index (χ2v) is 19.8. The van der Waals surface area contributed by atoms with E-state index in [2.05, 4.69) is 138 Å². The molecule has 0 amide bonds. The van der Waals surface area contributed by atoms with E-state index in [1.54, 1.807) is 28.0 Å². The fourth-order valence-electron chi connectivity index (χ4n) is 11.8. The fourth-order valence-corrected chi connectivity index (χ4v) is 15.2. The smallest absolute Gasteiger partial charge is 0.0534 e. The van der Waals surface area contributed by atoms with Gasteiger partial charge in [-0.15, -0.1) is 11.8 Å². The number of allylic oxidation sites excluding steroid dienone is 14. The molecule has 2 aromatic carbocycles. The van der Waals surface area contributed by atoms with Crippen LogP contribution in [0.1, 0.15) is 118 Å². The van der Waals surface area contributed by atoms with Gasteiger partial charge < -0.3 is 4.57 Å². The number of aromatic nitrogens is 1. The summed E-state index contributed by atoms with van der Waals surface area (Å²) in [6, 6.07) is 15.0. The zero-order chi connectivity index (χ0) is 35.1. The van der Waals surface area contributed by atoms with Crippen molar-refractivity contribution in [2.45, 2.75) is 123 Å². The van der Waals surface area contributed by atoms with Gasteiger partial charge in [0.25, 0.3) is 0 Å². The SMILES string of the molecule is CC12CCCC=C1C1(C3=C(C=CC(c4ccc5c(c4)c4c(n5C5=CCCC=C5)CCCC4)C3)Sc3c(C4=CCCC=C4)cccc31)C1C=CCCC1S2. The van der Waals surface area contributed by atoms with Crippen LogP contribution in [0.25, 0.3) is 22.2 Å². The Kier molecular flexibility index (Phi) is 7.99. The first-order valence-electron chi connectivity index (χ1n) is 20.8. The van der Waals surface area contributed by atoms with Gasteiger partial charge in [0.1, 0.15) is 0 Å². The van der Waals surface area contributed by atoms with Crippen molar-refractivity contribution in [2.75, 3.05) is 0 Å². The fraction of sp³-hybridized carbons (Fsp3) is 0.400. The van der Waals surface area contributed by atoms with Gasteiger partial charge in [-0.25, -0.2) is 0 Å². The molecule has 1 fully saturated rings. The Bertz CT molecular complexity index is 2300. The van der Waals surface area contributed by atoms with Crippen LogP contribution in [0, 0.1) is 5.92 Å². The van der Waals surface area contributed by atoms with Gasteiger partial charge in [-0.05, 0) is 154 Å². The van der Waals surface area contributed by atoms with Gasteiger partial charge in [0.05, 0.1) is 5.52 Å². The highest BCUT2D eigenvalue weighted by atomic mass is 32.2. The molecule has 53 heavy (non-hydrogen) atoms. The van der Waals surface area contributed by atoms with Gasteiger partial charge in [0.15, 0.2) is 0 Å². The zero-order valence-electron chi connectivity index (χ0n) is 31.2. The van der Waals surface area contributed by atoms with Gasteiger partial charge in [-0.1, -0.05) is 96.8 Å². The minimum absolute atomic E-state index is 0.109. The molecule has 3 aromatic rings. The summed E-state index contributed by atoms with van der Waals surface area (Å²) in [5, 5.41) is 2.14. The third-order valence-corrected chi connectivity index (χ3v) is 17.1. The summed E-state index contributed by atoms with van der Waals surface area (Å²) >= 11 is 4.43. The standard InChI is InChI=1S/C50H51NS2/c1-49-30-13-12-25-47(49)50(40-21-9-11-24-46(40)53-49)41-22-14-20-37(33-15-4-2-5-16-33)48(41)52-45-29-27-35(32-42(45)50)34-26-28-44-39(31-34)38-19-8-10-23-43(38)51(44)36-17-6-3-7-18-36/h4,6,9,14-18,20-22,25-29,31,35,40,46H,2-3,5,7-8,10-13,19,23-24,30,32H2,1H3. The number of nitrogens with zero attached hydrogens (tertiary/aromatic N) is 1. The van der Waals surface area contributed by atoms with Crippen molar-refractivity contribution in [3.8, 4) is 0 Å². The topological polar surface area (TPSA) is 4.93 Å². The van der Waals surface area contributed by atoms with Crippen LogP contribution in [0.2, 0.25) is 0 Å². The van der Waals surface area contributed by atoms with E-state index in [9.17, 15) is 0 Å². The lowest BCUT2D eigenvalue weighted by atomic mass is 9.53. The Morgan fingerprint density at radius 2 is 1.72 bits per heavy atom. The number of hydrogen-bond acceptors (Lipinski definition) is 2. The molecule has 6 aliphatic carbocycles. The maximum absolute atomic E-state index is 2.74. The number of aryl methyl sites for hydroxylation is 1. The molecule has 1 nitrogen and oxygen atoms in total. The van der Waals surface area contributed by atoms with Gasteiger partial charge in [0.2, 0.25) is 0 Å². The minimum atomic E-state index is -0.109. The van der Waals surface area contributed by atoms with Crippen LogP contribution in [-0.2, 0) is 18.3 Å². The van der Waals surface area contributed by atoms with Crippen LogP contribution in [0.3, 0.4) is 0 Å². The van der Waals surface area contributed by atoms with Crippen LogP contribution in [0.15, 0.2) is 124 Å². The minimum Gasteiger partial charge on any atom is -0.314 e. The molecule has 2 aliphatic heterocycles. The summed E-state index contributed by atoms with van der Waals surface area (Å²) in [4.78, 5) is 3.05. The molecule has 1 spiro atoms. The predicted molar refractivity (Wildman–Crippen MR) is 229 cm³/mol. The van der Waals surface area contributed by atoms with Crippen LogP contribution in [-0.4, -0.2) is 14.6 Å². The van der Waals surface area contributed by atoms with Crippen LogP contribution >= 0.6 is 23.5 Å². The molecule has 3 heterocycles. The van der Waals surface area contributed by atoms with Crippen molar-refractivity contribution in [3.63, 3.8) is 0 Å². The van der Waals surface area contributed by atoms with E-state index in [0.29, 0.717) is 17.1 Å². The quantitative estimate of drug-likeness (QED) is 0.247. The van der Waals surface area contributed by atoms with E-state index in [-0.39, 0.29) is 10.2 Å². The zero-order valence-corrected chi connectivity index (χ0v) is 32.8. The maximum Gasteiger partial charge on any atom is 0.0534 e. The van der Waals surface area contributed by atoms with Crippen molar-refractivity contribution in [1.82, 2.24) is 4.57 Å². The molecule has 5 unspecified atom stereocenters. The molecule has 11 rings (SSSR count). The van der Waals surface area contributed by atoms with Gasteiger partial charge in [-0.3, -0.25) is 0 Å². The highest BCUT2D eigenvalue weighted by Gasteiger charge is 2.61. The summed E-state index contributed by atoms with van der Waals surface area (Å²) < 4.78 is 2.80. The lowest BCUT2D eigenvalue weighted by molar-refractivity contribution is 0.325. The lowest BCUT2D eigenvalue weighted by Gasteiger charge is -2.61. The summed E-state index contributed by atoms with van der Waals surface area (Å²) in [5.41, 5.74) is 15.3.